The van der Waals surface area contributed by atoms with Crippen LogP contribution < -0.4 is 10.1 Å². The van der Waals surface area contributed by atoms with Crippen molar-refractivity contribution >= 4 is 17.4 Å². The number of nitrogens with one attached hydrogen (secondary N) is 1. The Kier molecular flexibility index (Phi) is 6.22. The lowest BCUT2D eigenvalue weighted by atomic mass is 10.2. The Hall–Kier alpha value is -3.41. The second-order valence-electron chi connectivity index (χ2n) is 6.75. The highest BCUT2D eigenvalue weighted by Crippen LogP contribution is 2.19. The molecule has 2 aromatic carbocycles. The van der Waals surface area contributed by atoms with Crippen molar-refractivity contribution in [2.75, 3.05) is 12.4 Å². The summed E-state index contributed by atoms with van der Waals surface area (Å²) in [6.07, 6.45) is 3.18. The lowest BCUT2D eigenvalue weighted by Gasteiger charge is -2.16. The van der Waals surface area contributed by atoms with E-state index in [2.05, 4.69) is 15.3 Å². The lowest BCUT2D eigenvalue weighted by Crippen LogP contribution is -2.27. The molecule has 0 aliphatic rings. The highest BCUT2D eigenvalue weighted by atomic mass is 16.5. The third-order valence-electron chi connectivity index (χ3n) is 3.98. The van der Waals surface area contributed by atoms with Crippen molar-refractivity contribution in [3.8, 4) is 5.75 Å². The average Bonchev–Trinajstić information content (AvgIpc) is 2.70. The number of amides is 1. The zero-order chi connectivity index (χ0) is 19.9. The Balaban J connectivity index is 1.60. The first-order valence-electron chi connectivity index (χ1n) is 9.16. The molecule has 28 heavy (non-hydrogen) atoms. The fourth-order valence-corrected chi connectivity index (χ4v) is 2.66. The number of benzene rings is 2. The van der Waals surface area contributed by atoms with Gasteiger partial charge in [0.2, 0.25) is 0 Å². The van der Waals surface area contributed by atoms with E-state index >= 15 is 0 Å². The molecule has 1 amide bonds. The molecular formula is C22H24N4O2. The van der Waals surface area contributed by atoms with Crippen LogP contribution in [0.1, 0.15) is 29.9 Å². The molecule has 1 N–H and O–H groups in total. The molecular weight excluding hydrogens is 352 g/mol. The highest BCUT2D eigenvalue weighted by molar-refractivity contribution is 5.91. The van der Waals surface area contributed by atoms with Crippen LogP contribution in [0.25, 0.3) is 0 Å². The summed E-state index contributed by atoms with van der Waals surface area (Å²) in [4.78, 5) is 22.7. The standard InChI is InChI=1S/C22H24N4O2/c1-16(2)28-19-11-9-18(10-12-19)25-21-14-23-20(13-24-21)22(27)26(3)15-17-7-5-4-6-8-17/h4-14,16H,15H2,1-3H3,(H,24,25). The first kappa shape index (κ1) is 19.4. The molecule has 0 saturated carbocycles. The van der Waals surface area contributed by atoms with E-state index < -0.39 is 0 Å². The summed E-state index contributed by atoms with van der Waals surface area (Å²) >= 11 is 0. The van der Waals surface area contributed by atoms with Crippen molar-refractivity contribution in [3.63, 3.8) is 0 Å². The number of carbonyl (C=O) groups is 1. The molecule has 0 spiro atoms. The molecule has 0 atom stereocenters. The summed E-state index contributed by atoms with van der Waals surface area (Å²) in [6.45, 7) is 4.50. The number of hydrogen-bond donors (Lipinski definition) is 1. The van der Waals surface area contributed by atoms with E-state index in [-0.39, 0.29) is 12.0 Å². The molecule has 1 heterocycles. The smallest absolute Gasteiger partial charge is 0.274 e. The van der Waals surface area contributed by atoms with E-state index in [1.165, 1.54) is 6.20 Å². The summed E-state index contributed by atoms with van der Waals surface area (Å²) < 4.78 is 5.63. The lowest BCUT2D eigenvalue weighted by molar-refractivity contribution is 0.0779. The number of nitrogens with zero attached hydrogens (tertiary/aromatic N) is 3. The number of rotatable bonds is 7. The van der Waals surface area contributed by atoms with Gasteiger partial charge in [0.05, 0.1) is 18.5 Å². The maximum Gasteiger partial charge on any atom is 0.274 e. The van der Waals surface area contributed by atoms with Gasteiger partial charge in [-0.25, -0.2) is 9.97 Å². The SMILES string of the molecule is CC(C)Oc1ccc(Nc2cnc(C(=O)N(C)Cc3ccccc3)cn2)cc1. The third kappa shape index (κ3) is 5.30. The predicted molar refractivity (Wildman–Crippen MR) is 110 cm³/mol. The van der Waals surface area contributed by atoms with Crippen molar-refractivity contribution in [1.29, 1.82) is 0 Å². The van der Waals surface area contributed by atoms with Crippen LogP contribution in [-0.4, -0.2) is 33.9 Å². The minimum absolute atomic E-state index is 0.134. The van der Waals surface area contributed by atoms with Gasteiger partial charge in [0, 0.05) is 19.3 Å². The highest BCUT2D eigenvalue weighted by Gasteiger charge is 2.14. The van der Waals surface area contributed by atoms with Crippen LogP contribution in [0, 0.1) is 0 Å². The summed E-state index contributed by atoms with van der Waals surface area (Å²) in [7, 11) is 1.75. The quantitative estimate of drug-likeness (QED) is 0.667. The predicted octanol–water partition coefficient (Wildman–Crippen LogP) is 4.28. The van der Waals surface area contributed by atoms with Crippen LogP contribution in [0.2, 0.25) is 0 Å². The minimum atomic E-state index is -0.168. The fourth-order valence-electron chi connectivity index (χ4n) is 2.66. The zero-order valence-corrected chi connectivity index (χ0v) is 16.3. The number of ether oxygens (including phenoxy) is 1. The Morgan fingerprint density at radius 2 is 1.75 bits per heavy atom. The van der Waals surface area contributed by atoms with Crippen molar-refractivity contribution in [1.82, 2.24) is 14.9 Å². The van der Waals surface area contributed by atoms with Gasteiger partial charge >= 0.3 is 0 Å². The number of hydrogen-bond acceptors (Lipinski definition) is 5. The first-order chi connectivity index (χ1) is 13.5. The van der Waals surface area contributed by atoms with Crippen molar-refractivity contribution in [2.45, 2.75) is 26.5 Å². The molecule has 0 saturated heterocycles. The monoisotopic (exact) mass is 376 g/mol. The van der Waals surface area contributed by atoms with E-state index in [0.29, 0.717) is 18.1 Å². The maximum atomic E-state index is 12.5. The Labute approximate surface area is 165 Å². The van der Waals surface area contributed by atoms with Gasteiger partial charge in [0.25, 0.3) is 5.91 Å². The molecule has 0 aliphatic carbocycles. The molecule has 0 bridgehead atoms. The van der Waals surface area contributed by atoms with Crippen LogP contribution in [0.4, 0.5) is 11.5 Å². The van der Waals surface area contributed by atoms with E-state index in [4.69, 9.17) is 4.74 Å². The Bertz CT molecular complexity index is 894. The third-order valence-corrected chi connectivity index (χ3v) is 3.98. The van der Waals surface area contributed by atoms with Crippen molar-refractivity contribution < 1.29 is 9.53 Å². The summed E-state index contributed by atoms with van der Waals surface area (Å²) in [5, 5.41) is 3.17. The fraction of sp³-hybridized carbons (Fsp3) is 0.227. The van der Waals surface area contributed by atoms with Gasteiger partial charge in [0.15, 0.2) is 0 Å². The van der Waals surface area contributed by atoms with Crippen LogP contribution >= 0.6 is 0 Å². The molecule has 0 unspecified atom stereocenters. The van der Waals surface area contributed by atoms with Crippen LogP contribution in [0.5, 0.6) is 5.75 Å². The van der Waals surface area contributed by atoms with Gasteiger partial charge in [-0.2, -0.15) is 0 Å². The number of carbonyl (C=O) groups excluding carboxylic acids is 1. The van der Waals surface area contributed by atoms with Crippen molar-refractivity contribution in [3.05, 3.63) is 78.2 Å². The number of aromatic nitrogens is 2. The average molecular weight is 376 g/mol. The van der Waals surface area contributed by atoms with Gasteiger partial charge in [0.1, 0.15) is 17.3 Å². The van der Waals surface area contributed by atoms with E-state index in [1.807, 2.05) is 68.4 Å². The second-order valence-corrected chi connectivity index (χ2v) is 6.75. The maximum absolute atomic E-state index is 12.5. The van der Waals surface area contributed by atoms with Crippen LogP contribution in [-0.2, 0) is 6.54 Å². The van der Waals surface area contributed by atoms with Gasteiger partial charge in [-0.15, -0.1) is 0 Å². The van der Waals surface area contributed by atoms with Gasteiger partial charge in [-0.05, 0) is 43.7 Å². The first-order valence-corrected chi connectivity index (χ1v) is 9.16. The molecule has 144 valence electrons. The van der Waals surface area contributed by atoms with Crippen LogP contribution in [0.3, 0.4) is 0 Å². The van der Waals surface area contributed by atoms with Gasteiger partial charge in [-0.1, -0.05) is 30.3 Å². The molecule has 1 aromatic heterocycles. The van der Waals surface area contributed by atoms with Gasteiger partial charge in [-0.3, -0.25) is 4.79 Å². The molecule has 0 radical (unpaired) electrons. The zero-order valence-electron chi connectivity index (χ0n) is 16.3. The van der Waals surface area contributed by atoms with E-state index in [0.717, 1.165) is 17.0 Å². The largest absolute Gasteiger partial charge is 0.491 e. The van der Waals surface area contributed by atoms with Gasteiger partial charge < -0.3 is 15.0 Å². The number of anilines is 2. The molecule has 3 aromatic rings. The summed E-state index contributed by atoms with van der Waals surface area (Å²) in [6, 6.07) is 17.4. The molecule has 0 fully saturated rings. The minimum Gasteiger partial charge on any atom is -0.491 e. The van der Waals surface area contributed by atoms with Crippen molar-refractivity contribution in [2.24, 2.45) is 0 Å². The van der Waals surface area contributed by atoms with Crippen LogP contribution in [0.15, 0.2) is 67.0 Å². The summed E-state index contributed by atoms with van der Waals surface area (Å²) in [5.41, 5.74) is 2.24. The molecule has 6 nitrogen and oxygen atoms in total. The second kappa shape index (κ2) is 8.99. The molecule has 0 aliphatic heterocycles. The molecule has 6 heteroatoms. The Morgan fingerprint density at radius 3 is 2.36 bits per heavy atom. The topological polar surface area (TPSA) is 67.3 Å². The summed E-state index contributed by atoms with van der Waals surface area (Å²) in [5.74, 6) is 1.21. The van der Waals surface area contributed by atoms with E-state index in [9.17, 15) is 4.79 Å². The Morgan fingerprint density at radius 1 is 1.04 bits per heavy atom. The van der Waals surface area contributed by atoms with E-state index in [1.54, 1.807) is 18.1 Å². The molecule has 3 rings (SSSR count). The normalized spacial score (nSPS) is 10.6.